The molecule has 2 N–H and O–H groups in total. The third-order valence-corrected chi connectivity index (χ3v) is 6.32. The monoisotopic (exact) mass is 522 g/mol. The smallest absolute Gasteiger partial charge is 0.387 e. The fourth-order valence-electron chi connectivity index (χ4n) is 3.68. The van der Waals surface area contributed by atoms with Gasteiger partial charge < -0.3 is 24.6 Å². The summed E-state index contributed by atoms with van der Waals surface area (Å²) in [6.45, 7) is 3.59. The Kier molecular flexibility index (Phi) is 7.22. The first-order chi connectivity index (χ1) is 17.4. The summed E-state index contributed by atoms with van der Waals surface area (Å²) in [5.74, 6) is -0.991. The van der Waals surface area contributed by atoms with Crippen molar-refractivity contribution < 1.29 is 37.3 Å². The quantitative estimate of drug-likeness (QED) is 0.415. The minimum Gasteiger partial charge on any atom is -0.496 e. The van der Waals surface area contributed by atoms with E-state index in [1.165, 1.54) is 30.0 Å². The topological polar surface area (TPSA) is 107 Å². The van der Waals surface area contributed by atoms with Crippen molar-refractivity contribution in [2.45, 2.75) is 58.6 Å². The van der Waals surface area contributed by atoms with E-state index in [1.807, 2.05) is 0 Å². The van der Waals surface area contributed by atoms with Gasteiger partial charge in [-0.05, 0) is 46.2 Å². The Morgan fingerprint density at radius 1 is 1.24 bits per heavy atom. The van der Waals surface area contributed by atoms with Gasteiger partial charge in [0.15, 0.2) is 5.65 Å². The van der Waals surface area contributed by atoms with Crippen LogP contribution >= 0.6 is 0 Å². The van der Waals surface area contributed by atoms with Crippen LogP contribution in [0, 0.1) is 12.8 Å². The van der Waals surface area contributed by atoms with Gasteiger partial charge in [0.2, 0.25) is 0 Å². The Hall–Kier alpha value is -3.54. The number of rotatable bonds is 10. The minimum atomic E-state index is -3.20. The standard InChI is InChI=1S/C25H29F3N4O5/c1-12-18(36-13(2)25(3,4)34)9-21-29-11-17(32(21)31-12)14-7-19(35-5)22(20(8-14)37-24(27)28)23(33)30-10-15-6-16(15)26/h7-9,11,13,15-16,24,34H,6,10H2,1-5H3,(H,30,33)/t13-,15?,16-/m0/s1. The summed E-state index contributed by atoms with van der Waals surface area (Å²) in [6, 6.07) is 4.42. The molecule has 12 heteroatoms. The molecule has 0 spiro atoms. The molecule has 1 saturated carbocycles. The molecule has 200 valence electrons. The van der Waals surface area contributed by atoms with Gasteiger partial charge in [-0.1, -0.05) is 0 Å². The number of fused-ring (bicyclic) bond motifs is 1. The van der Waals surface area contributed by atoms with Gasteiger partial charge in [0, 0.05) is 24.1 Å². The van der Waals surface area contributed by atoms with Crippen LogP contribution in [0.25, 0.3) is 16.9 Å². The van der Waals surface area contributed by atoms with Crippen LogP contribution in [0.2, 0.25) is 0 Å². The van der Waals surface area contributed by atoms with E-state index in [-0.39, 0.29) is 23.8 Å². The number of aromatic nitrogens is 3. The number of aryl methyl sites for hydroxylation is 1. The molecule has 0 bridgehead atoms. The van der Waals surface area contributed by atoms with E-state index in [2.05, 4.69) is 20.1 Å². The van der Waals surface area contributed by atoms with E-state index < -0.39 is 36.1 Å². The van der Waals surface area contributed by atoms with Crippen LogP contribution < -0.4 is 19.5 Å². The Morgan fingerprint density at radius 3 is 2.51 bits per heavy atom. The average Bonchev–Trinajstić information content (AvgIpc) is 3.37. The van der Waals surface area contributed by atoms with Crippen molar-refractivity contribution in [3.63, 3.8) is 0 Å². The van der Waals surface area contributed by atoms with E-state index >= 15 is 0 Å². The highest BCUT2D eigenvalue weighted by Gasteiger charge is 2.37. The number of nitrogens with zero attached hydrogens (tertiary/aromatic N) is 3. The van der Waals surface area contributed by atoms with Crippen LogP contribution in [0.5, 0.6) is 17.2 Å². The maximum absolute atomic E-state index is 13.3. The number of benzene rings is 1. The van der Waals surface area contributed by atoms with Crippen molar-refractivity contribution in [3.8, 4) is 28.5 Å². The summed E-state index contributed by atoms with van der Waals surface area (Å²) in [5, 5.41) is 17.3. The van der Waals surface area contributed by atoms with Crippen molar-refractivity contribution in [2.24, 2.45) is 5.92 Å². The molecule has 1 fully saturated rings. The number of carbonyl (C=O) groups is 1. The van der Waals surface area contributed by atoms with Crippen LogP contribution in [-0.4, -0.2) is 63.8 Å². The lowest BCUT2D eigenvalue weighted by Crippen LogP contribution is -2.38. The number of aliphatic hydroxyl groups is 1. The van der Waals surface area contributed by atoms with Gasteiger partial charge in [-0.15, -0.1) is 0 Å². The number of ether oxygens (including phenoxy) is 3. The van der Waals surface area contributed by atoms with Crippen molar-refractivity contribution >= 4 is 11.6 Å². The van der Waals surface area contributed by atoms with Gasteiger partial charge in [-0.25, -0.2) is 13.9 Å². The highest BCUT2D eigenvalue weighted by atomic mass is 19.3. The SMILES string of the molecule is COc1cc(-c2cnc3cc(O[C@@H](C)C(C)(C)O)c(C)nn23)cc(OC(F)F)c1C(=O)NCC1C[C@@H]1F. The fourth-order valence-corrected chi connectivity index (χ4v) is 3.68. The number of alkyl halides is 3. The molecule has 0 saturated heterocycles. The lowest BCUT2D eigenvalue weighted by molar-refractivity contribution is -0.0502. The third kappa shape index (κ3) is 5.74. The number of imidazole rings is 1. The second-order valence-electron chi connectivity index (χ2n) is 9.57. The number of methoxy groups -OCH3 is 1. The first-order valence-electron chi connectivity index (χ1n) is 11.7. The van der Waals surface area contributed by atoms with Crippen molar-refractivity contribution in [1.29, 1.82) is 0 Å². The second kappa shape index (κ2) is 10.1. The predicted molar refractivity (Wildman–Crippen MR) is 128 cm³/mol. The summed E-state index contributed by atoms with van der Waals surface area (Å²) in [4.78, 5) is 17.2. The van der Waals surface area contributed by atoms with Gasteiger partial charge >= 0.3 is 6.61 Å². The van der Waals surface area contributed by atoms with Crippen LogP contribution in [0.15, 0.2) is 24.4 Å². The number of hydrogen-bond acceptors (Lipinski definition) is 7. The van der Waals surface area contributed by atoms with E-state index in [0.717, 1.165) is 0 Å². The van der Waals surface area contributed by atoms with E-state index in [9.17, 15) is 23.1 Å². The molecule has 1 unspecified atom stereocenters. The largest absolute Gasteiger partial charge is 0.496 e. The van der Waals surface area contributed by atoms with Crippen molar-refractivity contribution in [3.05, 3.63) is 35.7 Å². The van der Waals surface area contributed by atoms with E-state index in [4.69, 9.17) is 9.47 Å². The summed E-state index contributed by atoms with van der Waals surface area (Å²) < 4.78 is 57.1. The Balaban J connectivity index is 1.72. The summed E-state index contributed by atoms with van der Waals surface area (Å²) in [7, 11) is 1.30. The second-order valence-corrected chi connectivity index (χ2v) is 9.57. The van der Waals surface area contributed by atoms with Crippen molar-refractivity contribution in [2.75, 3.05) is 13.7 Å². The van der Waals surface area contributed by atoms with Gasteiger partial charge in [0.25, 0.3) is 5.91 Å². The number of amides is 1. The Morgan fingerprint density at radius 2 is 1.92 bits per heavy atom. The summed E-state index contributed by atoms with van der Waals surface area (Å²) >= 11 is 0. The Labute approximate surface area is 211 Å². The van der Waals surface area contributed by atoms with Crippen LogP contribution in [0.1, 0.15) is 43.2 Å². The van der Waals surface area contributed by atoms with Crippen LogP contribution in [-0.2, 0) is 0 Å². The molecule has 3 atom stereocenters. The molecule has 0 radical (unpaired) electrons. The molecule has 4 rings (SSSR count). The highest BCUT2D eigenvalue weighted by Crippen LogP contribution is 2.37. The zero-order chi connectivity index (χ0) is 27.1. The maximum Gasteiger partial charge on any atom is 0.387 e. The molecule has 1 aliphatic carbocycles. The van der Waals surface area contributed by atoms with Gasteiger partial charge in [-0.3, -0.25) is 4.79 Å². The molecule has 2 aromatic heterocycles. The molecule has 1 aliphatic rings. The average molecular weight is 523 g/mol. The molecule has 0 aliphatic heterocycles. The molecular weight excluding hydrogens is 493 g/mol. The fraction of sp³-hybridized carbons (Fsp3) is 0.480. The molecule has 9 nitrogen and oxygen atoms in total. The lowest BCUT2D eigenvalue weighted by atomic mass is 10.0. The van der Waals surface area contributed by atoms with E-state index in [1.54, 1.807) is 33.8 Å². The van der Waals surface area contributed by atoms with Gasteiger partial charge in [0.1, 0.15) is 40.8 Å². The molecule has 2 heterocycles. The number of hydrogen-bond donors (Lipinski definition) is 2. The molecule has 1 aromatic carbocycles. The normalized spacial score (nSPS) is 18.1. The number of nitrogens with one attached hydrogen (secondary N) is 1. The van der Waals surface area contributed by atoms with Gasteiger partial charge in [-0.2, -0.15) is 13.9 Å². The maximum atomic E-state index is 13.3. The molecule has 3 aromatic rings. The summed E-state index contributed by atoms with van der Waals surface area (Å²) in [5.41, 5.74) is 0.367. The molecular formula is C25H29F3N4O5. The first kappa shape index (κ1) is 26.5. The predicted octanol–water partition coefficient (Wildman–Crippen LogP) is 3.94. The van der Waals surface area contributed by atoms with Crippen LogP contribution in [0.4, 0.5) is 13.2 Å². The highest BCUT2D eigenvalue weighted by molar-refractivity contribution is 6.00. The zero-order valence-electron chi connectivity index (χ0n) is 21.1. The minimum absolute atomic E-state index is 0.0103. The molecule has 1 amide bonds. The zero-order valence-corrected chi connectivity index (χ0v) is 21.1. The van der Waals surface area contributed by atoms with Gasteiger partial charge in [0.05, 0.1) is 24.6 Å². The first-order valence-corrected chi connectivity index (χ1v) is 11.7. The third-order valence-electron chi connectivity index (χ3n) is 6.32. The molecule has 37 heavy (non-hydrogen) atoms. The van der Waals surface area contributed by atoms with Crippen LogP contribution in [0.3, 0.4) is 0 Å². The number of halogens is 3. The number of carbonyl (C=O) groups excluding carboxylic acids is 1. The van der Waals surface area contributed by atoms with E-state index in [0.29, 0.717) is 34.8 Å². The van der Waals surface area contributed by atoms with Crippen molar-refractivity contribution in [1.82, 2.24) is 19.9 Å². The lowest BCUT2D eigenvalue weighted by Gasteiger charge is -2.27. The summed E-state index contributed by atoms with van der Waals surface area (Å²) in [6.07, 6.45) is 0.329. The Bertz CT molecular complexity index is 1310.